The first-order chi connectivity index (χ1) is 9.47. The van der Waals surface area contributed by atoms with Crippen LogP contribution in [0.1, 0.15) is 28.1 Å². The molecule has 3 rings (SSSR count). The molecule has 0 aliphatic carbocycles. The van der Waals surface area contributed by atoms with Gasteiger partial charge in [0.25, 0.3) is 0 Å². The molecule has 1 aromatic carbocycles. The first-order valence-electron chi connectivity index (χ1n) is 6.92. The first kappa shape index (κ1) is 12.9. The lowest BCUT2D eigenvalue weighted by molar-refractivity contribution is 0.579. The van der Waals surface area contributed by atoms with Crippen molar-refractivity contribution in [2.24, 2.45) is 0 Å². The van der Waals surface area contributed by atoms with Gasteiger partial charge in [0, 0.05) is 11.3 Å². The molecule has 2 heteroatoms. The van der Waals surface area contributed by atoms with Gasteiger partial charge in [-0.3, -0.25) is 0 Å². The van der Waals surface area contributed by atoms with Crippen LogP contribution in [0.25, 0.3) is 22.2 Å². The monoisotopic (exact) mass is 265 g/mol. The fourth-order valence-electron chi connectivity index (χ4n) is 3.06. The van der Waals surface area contributed by atoms with Gasteiger partial charge < -0.3 is 4.42 Å². The van der Waals surface area contributed by atoms with Gasteiger partial charge >= 0.3 is 0 Å². The summed E-state index contributed by atoms with van der Waals surface area (Å²) in [6, 6.07) is 8.43. The average Bonchev–Trinajstić information content (AvgIpc) is 2.65. The third-order valence-electron chi connectivity index (χ3n) is 3.78. The minimum Gasteiger partial charge on any atom is -0.459 e. The van der Waals surface area contributed by atoms with Crippen molar-refractivity contribution in [3.63, 3.8) is 0 Å². The molecule has 0 saturated carbocycles. The molecule has 0 aliphatic heterocycles. The fourth-order valence-corrected chi connectivity index (χ4v) is 3.06. The minimum absolute atomic E-state index is 0.863. The zero-order valence-corrected chi connectivity index (χ0v) is 12.7. The van der Waals surface area contributed by atoms with Crippen molar-refractivity contribution in [1.29, 1.82) is 0 Å². The van der Waals surface area contributed by atoms with Gasteiger partial charge in [-0.15, -0.1) is 0 Å². The van der Waals surface area contributed by atoms with E-state index in [-0.39, 0.29) is 0 Å². The number of furan rings is 1. The molecule has 0 spiro atoms. The molecule has 3 aromatic rings. The second-order valence-corrected chi connectivity index (χ2v) is 5.61. The molecule has 102 valence electrons. The molecular weight excluding hydrogens is 246 g/mol. The van der Waals surface area contributed by atoms with Crippen LogP contribution < -0.4 is 0 Å². The Morgan fingerprint density at radius 2 is 1.50 bits per heavy atom. The van der Waals surface area contributed by atoms with Crippen LogP contribution in [0.15, 0.2) is 28.7 Å². The average molecular weight is 265 g/mol. The molecule has 0 atom stereocenters. The summed E-state index contributed by atoms with van der Waals surface area (Å²) in [6.45, 7) is 10.5. The number of aryl methyl sites for hydroxylation is 5. The number of rotatable bonds is 1. The van der Waals surface area contributed by atoms with Gasteiger partial charge in [0.2, 0.25) is 0 Å². The maximum Gasteiger partial charge on any atom is 0.153 e. The van der Waals surface area contributed by atoms with Crippen LogP contribution in [0, 0.1) is 34.6 Å². The van der Waals surface area contributed by atoms with Crippen LogP contribution in [-0.2, 0) is 0 Å². The molecule has 2 aromatic heterocycles. The summed E-state index contributed by atoms with van der Waals surface area (Å²) in [6.07, 6.45) is 0. The zero-order chi connectivity index (χ0) is 14.4. The van der Waals surface area contributed by atoms with Crippen LogP contribution in [0.3, 0.4) is 0 Å². The van der Waals surface area contributed by atoms with Crippen molar-refractivity contribution in [3.05, 3.63) is 52.4 Å². The van der Waals surface area contributed by atoms with Crippen LogP contribution in [0.4, 0.5) is 0 Å². The quantitative estimate of drug-likeness (QED) is 0.616. The van der Waals surface area contributed by atoms with E-state index in [1.807, 2.05) is 26.0 Å². The van der Waals surface area contributed by atoms with Crippen LogP contribution >= 0.6 is 0 Å². The van der Waals surface area contributed by atoms with E-state index >= 15 is 0 Å². The number of hydrogen-bond donors (Lipinski definition) is 0. The predicted molar refractivity (Wildman–Crippen MR) is 83.1 cm³/mol. The van der Waals surface area contributed by atoms with E-state index in [9.17, 15) is 0 Å². The van der Waals surface area contributed by atoms with Crippen molar-refractivity contribution in [3.8, 4) is 11.1 Å². The Bertz CT molecular complexity index is 789. The standard InChI is InChI=1S/C18H19NO/c1-10-8-11(2)16(12(3)9-10)17-14(5)20-15-7-6-13(4)19-18(15)17/h6-9H,1-5H3. The molecule has 0 aliphatic rings. The lowest BCUT2D eigenvalue weighted by Gasteiger charge is -2.11. The highest BCUT2D eigenvalue weighted by molar-refractivity contribution is 5.94. The van der Waals surface area contributed by atoms with Gasteiger partial charge in [-0.25, -0.2) is 4.98 Å². The number of pyridine rings is 1. The normalized spacial score (nSPS) is 11.2. The molecule has 2 heterocycles. The second kappa shape index (κ2) is 4.48. The number of fused-ring (bicyclic) bond motifs is 1. The van der Waals surface area contributed by atoms with E-state index in [4.69, 9.17) is 4.42 Å². The third-order valence-corrected chi connectivity index (χ3v) is 3.78. The second-order valence-electron chi connectivity index (χ2n) is 5.61. The highest BCUT2D eigenvalue weighted by Crippen LogP contribution is 2.37. The molecule has 20 heavy (non-hydrogen) atoms. The lowest BCUT2D eigenvalue weighted by atomic mass is 9.93. The number of benzene rings is 1. The molecule has 0 unspecified atom stereocenters. The van der Waals surface area contributed by atoms with E-state index in [2.05, 4.69) is 37.9 Å². The van der Waals surface area contributed by atoms with Crippen LogP contribution in [0.5, 0.6) is 0 Å². The van der Waals surface area contributed by atoms with E-state index in [0.29, 0.717) is 0 Å². The highest BCUT2D eigenvalue weighted by atomic mass is 16.3. The number of hydrogen-bond acceptors (Lipinski definition) is 2. The molecule has 0 saturated heterocycles. The Morgan fingerprint density at radius 3 is 2.15 bits per heavy atom. The molecular formula is C18H19NO. The summed E-state index contributed by atoms with van der Waals surface area (Å²) in [7, 11) is 0. The van der Waals surface area contributed by atoms with Gasteiger partial charge in [-0.1, -0.05) is 17.7 Å². The Labute approximate surface area is 119 Å². The summed E-state index contributed by atoms with van der Waals surface area (Å²) >= 11 is 0. The van der Waals surface area contributed by atoms with Crippen molar-refractivity contribution in [2.45, 2.75) is 34.6 Å². The van der Waals surface area contributed by atoms with Gasteiger partial charge in [-0.05, 0) is 63.4 Å². The molecule has 0 N–H and O–H groups in total. The summed E-state index contributed by atoms with van der Waals surface area (Å²) in [5.74, 6) is 0.938. The maximum atomic E-state index is 5.89. The molecule has 0 amide bonds. The molecule has 0 fully saturated rings. The van der Waals surface area contributed by atoms with E-state index in [0.717, 1.165) is 28.1 Å². The Morgan fingerprint density at radius 1 is 0.850 bits per heavy atom. The van der Waals surface area contributed by atoms with E-state index < -0.39 is 0 Å². The van der Waals surface area contributed by atoms with Crippen molar-refractivity contribution < 1.29 is 4.42 Å². The molecule has 0 radical (unpaired) electrons. The predicted octanol–water partition coefficient (Wildman–Crippen LogP) is 5.04. The number of nitrogens with zero attached hydrogens (tertiary/aromatic N) is 1. The first-order valence-corrected chi connectivity index (χ1v) is 6.92. The topological polar surface area (TPSA) is 26.0 Å². The van der Waals surface area contributed by atoms with E-state index in [1.54, 1.807) is 0 Å². The third kappa shape index (κ3) is 1.92. The largest absolute Gasteiger partial charge is 0.459 e. The molecule has 2 nitrogen and oxygen atoms in total. The zero-order valence-electron chi connectivity index (χ0n) is 12.7. The summed E-state index contributed by atoms with van der Waals surface area (Å²) < 4.78 is 5.89. The lowest BCUT2D eigenvalue weighted by Crippen LogP contribution is -1.92. The SMILES string of the molecule is Cc1cc(C)c(-c2c(C)oc3ccc(C)nc23)c(C)c1. The molecule has 0 bridgehead atoms. The Balaban J connectivity index is 2.40. The van der Waals surface area contributed by atoms with Crippen LogP contribution in [0.2, 0.25) is 0 Å². The Hall–Kier alpha value is -2.09. The smallest absolute Gasteiger partial charge is 0.153 e. The van der Waals surface area contributed by atoms with Crippen molar-refractivity contribution in [2.75, 3.05) is 0 Å². The summed E-state index contributed by atoms with van der Waals surface area (Å²) in [4.78, 5) is 4.68. The van der Waals surface area contributed by atoms with Crippen molar-refractivity contribution >= 4 is 11.1 Å². The van der Waals surface area contributed by atoms with Crippen LogP contribution in [-0.4, -0.2) is 4.98 Å². The van der Waals surface area contributed by atoms with Gasteiger partial charge in [0.1, 0.15) is 11.3 Å². The minimum atomic E-state index is 0.863. The summed E-state index contributed by atoms with van der Waals surface area (Å²) in [5.41, 5.74) is 9.08. The Kier molecular flexibility index (Phi) is 2.89. The summed E-state index contributed by atoms with van der Waals surface area (Å²) in [5, 5.41) is 0. The van der Waals surface area contributed by atoms with Gasteiger partial charge in [-0.2, -0.15) is 0 Å². The van der Waals surface area contributed by atoms with Crippen molar-refractivity contribution in [1.82, 2.24) is 4.98 Å². The van der Waals surface area contributed by atoms with Gasteiger partial charge in [0.05, 0.1) is 0 Å². The van der Waals surface area contributed by atoms with E-state index in [1.165, 1.54) is 22.3 Å². The maximum absolute atomic E-state index is 5.89. The fraction of sp³-hybridized carbons (Fsp3) is 0.278. The van der Waals surface area contributed by atoms with Gasteiger partial charge in [0.15, 0.2) is 5.58 Å². The highest BCUT2D eigenvalue weighted by Gasteiger charge is 2.18. The number of aromatic nitrogens is 1.